The van der Waals surface area contributed by atoms with Gasteiger partial charge in [-0.25, -0.2) is 0 Å². The lowest BCUT2D eigenvalue weighted by molar-refractivity contribution is -0.123. The number of amides is 1. The number of carbonyl (C=O) groups is 1. The van der Waals surface area contributed by atoms with Crippen molar-refractivity contribution in [3.05, 3.63) is 118 Å². The second-order valence-corrected chi connectivity index (χ2v) is 10.6. The lowest BCUT2D eigenvalue weighted by atomic mass is 9.84. The number of nitrogens with one attached hydrogen (secondary N) is 2. The van der Waals surface area contributed by atoms with Crippen molar-refractivity contribution in [1.29, 1.82) is 0 Å². The maximum Gasteiger partial charge on any atom is 0.242 e. The van der Waals surface area contributed by atoms with Gasteiger partial charge >= 0.3 is 0 Å². The largest absolute Gasteiger partial charge is 0.306 e. The topological polar surface area (TPSA) is 41.1 Å². The fraction of sp³-hybridized carbons (Fsp3) is 0.250. The average molecular weight is 477 g/mol. The predicted molar refractivity (Wildman–Crippen MR) is 134 cm³/mol. The molecule has 2 N–H and O–H groups in total. The molecule has 2 aliphatic rings. The third-order valence-electron chi connectivity index (χ3n) is 6.87. The number of benzene rings is 3. The molecule has 3 aromatic carbocycles. The zero-order valence-corrected chi connectivity index (χ0v) is 20.1. The van der Waals surface area contributed by atoms with Gasteiger partial charge in [0.2, 0.25) is 5.91 Å². The number of hydrogen-bond acceptors (Lipinski definition) is 2. The molecule has 3 aromatic rings. The Kier molecular flexibility index (Phi) is 5.50. The summed E-state index contributed by atoms with van der Waals surface area (Å²) >= 11 is 13.0. The standard InChI is InChI=1S/C28H26Cl2N2O/c1-18-8-6-12-21(14-18)27(22-13-7-9-19(2)15-22)16-23(27)26(33)32-31-17-24-25(28(24,29)30)20-10-4-3-5-11-20/h3-15,17,23,25,31H,16H2,1-2H3,(H,32,33). The molecule has 0 saturated heterocycles. The van der Waals surface area contributed by atoms with Gasteiger partial charge in [0.15, 0.2) is 4.33 Å². The average Bonchev–Trinajstić information content (AvgIpc) is 3.67. The van der Waals surface area contributed by atoms with Crippen LogP contribution in [0.5, 0.6) is 0 Å². The summed E-state index contributed by atoms with van der Waals surface area (Å²) in [5.74, 6) is -0.277. The molecular formula is C28H26Cl2N2O. The van der Waals surface area contributed by atoms with Gasteiger partial charge in [0.25, 0.3) is 0 Å². The lowest BCUT2D eigenvalue weighted by Crippen LogP contribution is -2.37. The van der Waals surface area contributed by atoms with Crippen LogP contribution in [-0.2, 0) is 10.2 Å². The summed E-state index contributed by atoms with van der Waals surface area (Å²) in [4.78, 5) is 13.2. The highest BCUT2D eigenvalue weighted by Gasteiger charge is 2.61. The van der Waals surface area contributed by atoms with E-state index >= 15 is 0 Å². The first-order valence-corrected chi connectivity index (χ1v) is 11.9. The molecule has 5 heteroatoms. The monoisotopic (exact) mass is 476 g/mol. The summed E-state index contributed by atoms with van der Waals surface area (Å²) in [5, 5.41) is 0. The first-order chi connectivity index (χ1) is 15.8. The number of hydrogen-bond donors (Lipinski definition) is 2. The van der Waals surface area contributed by atoms with E-state index in [1.165, 1.54) is 22.3 Å². The molecule has 0 radical (unpaired) electrons. The van der Waals surface area contributed by atoms with Crippen LogP contribution in [0.3, 0.4) is 0 Å². The van der Waals surface area contributed by atoms with E-state index in [9.17, 15) is 4.79 Å². The number of allylic oxidation sites excluding steroid dienone is 1. The molecule has 5 rings (SSSR count). The number of aryl methyl sites for hydroxylation is 2. The zero-order valence-electron chi connectivity index (χ0n) is 18.6. The molecule has 33 heavy (non-hydrogen) atoms. The van der Waals surface area contributed by atoms with Gasteiger partial charge in [-0.15, -0.1) is 0 Å². The van der Waals surface area contributed by atoms with Gasteiger partial charge in [-0.3, -0.25) is 10.2 Å². The normalized spacial score (nSPS) is 23.1. The van der Waals surface area contributed by atoms with Crippen molar-refractivity contribution in [2.45, 2.75) is 35.9 Å². The van der Waals surface area contributed by atoms with Gasteiger partial charge in [0.05, 0.1) is 5.92 Å². The Morgan fingerprint density at radius 1 is 0.909 bits per heavy atom. The molecule has 0 aliphatic heterocycles. The van der Waals surface area contributed by atoms with E-state index < -0.39 is 4.33 Å². The molecule has 0 heterocycles. The van der Waals surface area contributed by atoms with Crippen LogP contribution in [0.1, 0.15) is 40.2 Å². The van der Waals surface area contributed by atoms with Crippen LogP contribution in [0.2, 0.25) is 0 Å². The van der Waals surface area contributed by atoms with Crippen molar-refractivity contribution in [3.63, 3.8) is 0 Å². The van der Waals surface area contributed by atoms with Gasteiger partial charge in [0.1, 0.15) is 0 Å². The second kappa shape index (κ2) is 8.23. The summed E-state index contributed by atoms with van der Waals surface area (Å²) in [6, 6.07) is 26.8. The van der Waals surface area contributed by atoms with Crippen molar-refractivity contribution in [3.8, 4) is 0 Å². The van der Waals surface area contributed by atoms with Crippen LogP contribution in [0.25, 0.3) is 0 Å². The smallest absolute Gasteiger partial charge is 0.242 e. The fourth-order valence-electron chi connectivity index (χ4n) is 5.01. The Morgan fingerprint density at radius 3 is 2.09 bits per heavy atom. The highest BCUT2D eigenvalue weighted by atomic mass is 35.5. The first kappa shape index (κ1) is 22.1. The number of alkyl halides is 2. The highest BCUT2D eigenvalue weighted by Crippen LogP contribution is 2.64. The molecule has 2 atom stereocenters. The summed E-state index contributed by atoms with van der Waals surface area (Å²) in [5.41, 5.74) is 12.1. The zero-order chi connectivity index (χ0) is 23.2. The Balaban J connectivity index is 1.33. The summed E-state index contributed by atoms with van der Waals surface area (Å²) < 4.78 is -0.953. The Hall–Kier alpha value is -2.75. The van der Waals surface area contributed by atoms with Crippen LogP contribution in [-0.4, -0.2) is 10.2 Å². The first-order valence-electron chi connectivity index (χ1n) is 11.2. The molecule has 0 aromatic heterocycles. The van der Waals surface area contributed by atoms with Crippen molar-refractivity contribution >= 4 is 29.1 Å². The second-order valence-electron chi connectivity index (χ2n) is 9.17. The van der Waals surface area contributed by atoms with E-state index in [4.69, 9.17) is 23.2 Å². The van der Waals surface area contributed by atoms with E-state index in [1.54, 1.807) is 6.20 Å². The molecule has 168 valence electrons. The SMILES string of the molecule is Cc1cccc(C2(c3cccc(C)c3)CC2C(=O)NNC=C2C(c3ccccc3)C2(Cl)Cl)c1. The fourth-order valence-corrected chi connectivity index (χ4v) is 5.72. The van der Waals surface area contributed by atoms with E-state index in [2.05, 4.69) is 73.2 Å². The van der Waals surface area contributed by atoms with Gasteiger partial charge in [0, 0.05) is 17.5 Å². The van der Waals surface area contributed by atoms with Gasteiger partial charge in [-0.2, -0.15) is 0 Å². The van der Waals surface area contributed by atoms with Crippen LogP contribution >= 0.6 is 23.2 Å². The number of rotatable bonds is 6. The molecule has 3 nitrogen and oxygen atoms in total. The van der Waals surface area contributed by atoms with Crippen molar-refractivity contribution < 1.29 is 4.79 Å². The minimum absolute atomic E-state index is 0.0403. The Bertz CT molecular complexity index is 1190. The molecular weight excluding hydrogens is 451 g/mol. The van der Waals surface area contributed by atoms with Crippen molar-refractivity contribution in [2.75, 3.05) is 0 Å². The lowest BCUT2D eigenvalue weighted by Gasteiger charge is -2.20. The van der Waals surface area contributed by atoms with Crippen LogP contribution in [0.4, 0.5) is 0 Å². The quantitative estimate of drug-likeness (QED) is 0.334. The minimum atomic E-state index is -0.953. The number of halogens is 2. The molecule has 1 amide bonds. The third-order valence-corrected chi connectivity index (χ3v) is 7.75. The molecule has 2 fully saturated rings. The summed E-state index contributed by atoms with van der Waals surface area (Å²) in [6.07, 6.45) is 2.49. The molecule has 0 bridgehead atoms. The minimum Gasteiger partial charge on any atom is -0.306 e. The van der Waals surface area contributed by atoms with Crippen molar-refractivity contribution in [2.24, 2.45) is 5.92 Å². The van der Waals surface area contributed by atoms with Crippen LogP contribution in [0, 0.1) is 19.8 Å². The van der Waals surface area contributed by atoms with Crippen LogP contribution in [0.15, 0.2) is 90.6 Å². The van der Waals surface area contributed by atoms with Gasteiger partial charge in [-0.1, -0.05) is 113 Å². The van der Waals surface area contributed by atoms with Crippen LogP contribution < -0.4 is 10.9 Å². The maximum atomic E-state index is 13.2. The Morgan fingerprint density at radius 2 is 1.52 bits per heavy atom. The van der Waals surface area contributed by atoms with E-state index in [-0.39, 0.29) is 23.2 Å². The van der Waals surface area contributed by atoms with E-state index in [0.29, 0.717) is 0 Å². The number of hydrazine groups is 1. The molecule has 0 spiro atoms. The highest BCUT2D eigenvalue weighted by molar-refractivity contribution is 6.55. The summed E-state index contributed by atoms with van der Waals surface area (Å²) in [6.45, 7) is 4.17. The van der Waals surface area contributed by atoms with E-state index in [0.717, 1.165) is 17.6 Å². The van der Waals surface area contributed by atoms with E-state index in [1.807, 2.05) is 30.3 Å². The molecule has 2 unspecified atom stereocenters. The van der Waals surface area contributed by atoms with Gasteiger partial charge < -0.3 is 5.43 Å². The molecule has 2 saturated carbocycles. The maximum absolute atomic E-state index is 13.2. The predicted octanol–water partition coefficient (Wildman–Crippen LogP) is 6.09. The Labute approximate surface area is 204 Å². The number of carbonyl (C=O) groups excluding carboxylic acids is 1. The third kappa shape index (κ3) is 3.94. The van der Waals surface area contributed by atoms with Crippen molar-refractivity contribution in [1.82, 2.24) is 10.9 Å². The van der Waals surface area contributed by atoms with Gasteiger partial charge in [-0.05, 0) is 42.5 Å². The summed E-state index contributed by atoms with van der Waals surface area (Å²) in [7, 11) is 0. The molecule has 2 aliphatic carbocycles.